The zero-order valence-corrected chi connectivity index (χ0v) is 15.2. The largest absolute Gasteiger partial charge is 0.483 e. The normalized spacial score (nSPS) is 21.3. The summed E-state index contributed by atoms with van der Waals surface area (Å²) in [5.74, 6) is 0.0316. The lowest BCUT2D eigenvalue weighted by Gasteiger charge is -2.40. The Balaban J connectivity index is 0.000000758. The minimum atomic E-state index is -0.250. The van der Waals surface area contributed by atoms with Gasteiger partial charge in [0.25, 0.3) is 6.47 Å². The third-order valence-electron chi connectivity index (χ3n) is 5.10. The summed E-state index contributed by atoms with van der Waals surface area (Å²) in [6.07, 6.45) is 12.3. The van der Waals surface area contributed by atoms with Crippen molar-refractivity contribution >= 4 is 12.4 Å². The first-order chi connectivity index (χ1) is 12.6. The number of carboxylic acid groups (broad SMARTS) is 1. The molecular weight excluding hydrogens is 334 g/mol. The van der Waals surface area contributed by atoms with Crippen LogP contribution < -0.4 is 10.7 Å². The third-order valence-corrected chi connectivity index (χ3v) is 5.10. The van der Waals surface area contributed by atoms with Crippen molar-refractivity contribution in [2.45, 2.75) is 63.6 Å². The van der Waals surface area contributed by atoms with Crippen molar-refractivity contribution in [1.82, 2.24) is 14.8 Å². The van der Waals surface area contributed by atoms with Gasteiger partial charge >= 0.3 is 0 Å². The lowest BCUT2D eigenvalue weighted by atomic mass is 9.92. The van der Waals surface area contributed by atoms with Gasteiger partial charge in [0.15, 0.2) is 5.43 Å². The van der Waals surface area contributed by atoms with E-state index in [2.05, 4.69) is 10.2 Å². The SMILES string of the molecule is O=C(Cn1ccc(=O)cc1)NC1CCCN(C2CCCCC2)C1.O=CO. The minimum Gasteiger partial charge on any atom is -0.483 e. The fraction of sp³-hybridized carbons (Fsp3) is 0.632. The summed E-state index contributed by atoms with van der Waals surface area (Å²) in [6.45, 7) is 2.19. The molecule has 1 aromatic rings. The van der Waals surface area contributed by atoms with Gasteiger partial charge in [-0.05, 0) is 32.2 Å². The van der Waals surface area contributed by atoms with Gasteiger partial charge in [0.2, 0.25) is 5.91 Å². The predicted octanol–water partition coefficient (Wildman–Crippen LogP) is 1.46. The first-order valence-electron chi connectivity index (χ1n) is 9.39. The Morgan fingerprint density at radius 2 is 1.81 bits per heavy atom. The second kappa shape index (κ2) is 10.8. The highest BCUT2D eigenvalue weighted by atomic mass is 16.3. The van der Waals surface area contributed by atoms with E-state index in [1.165, 1.54) is 57.2 Å². The molecule has 3 rings (SSSR count). The van der Waals surface area contributed by atoms with E-state index < -0.39 is 0 Å². The summed E-state index contributed by atoms with van der Waals surface area (Å²) in [5, 5.41) is 10.1. The predicted molar refractivity (Wildman–Crippen MR) is 99.0 cm³/mol. The van der Waals surface area contributed by atoms with Gasteiger partial charge in [-0.1, -0.05) is 19.3 Å². The number of piperidine rings is 1. The van der Waals surface area contributed by atoms with Crippen molar-refractivity contribution in [1.29, 1.82) is 0 Å². The fourth-order valence-corrected chi connectivity index (χ4v) is 3.89. The minimum absolute atomic E-state index is 0.0305. The molecule has 1 saturated heterocycles. The van der Waals surface area contributed by atoms with Crippen LogP contribution in [0.15, 0.2) is 29.3 Å². The highest BCUT2D eigenvalue weighted by Crippen LogP contribution is 2.25. The Kier molecular flexibility index (Phi) is 8.34. The summed E-state index contributed by atoms with van der Waals surface area (Å²) >= 11 is 0. The van der Waals surface area contributed by atoms with E-state index in [9.17, 15) is 9.59 Å². The van der Waals surface area contributed by atoms with Crippen molar-refractivity contribution in [3.05, 3.63) is 34.7 Å². The molecule has 0 aromatic carbocycles. The van der Waals surface area contributed by atoms with Crippen LogP contribution in [-0.4, -0.2) is 52.1 Å². The summed E-state index contributed by atoms with van der Waals surface area (Å²) in [5.41, 5.74) is -0.0305. The Labute approximate surface area is 154 Å². The first kappa shape index (κ1) is 20.2. The number of hydrogen-bond donors (Lipinski definition) is 2. The molecule has 2 N–H and O–H groups in total. The van der Waals surface area contributed by atoms with E-state index in [-0.39, 0.29) is 30.4 Å². The van der Waals surface area contributed by atoms with Gasteiger partial charge in [-0.2, -0.15) is 0 Å². The monoisotopic (exact) mass is 363 g/mol. The number of carbonyl (C=O) groups is 2. The third kappa shape index (κ3) is 6.63. The second-order valence-electron chi connectivity index (χ2n) is 7.01. The molecule has 1 atom stereocenters. The topological polar surface area (TPSA) is 91.6 Å². The quantitative estimate of drug-likeness (QED) is 0.791. The van der Waals surface area contributed by atoms with Gasteiger partial charge in [0, 0.05) is 43.2 Å². The van der Waals surface area contributed by atoms with Crippen LogP contribution in [0.4, 0.5) is 0 Å². The van der Waals surface area contributed by atoms with E-state index in [1.807, 2.05) is 0 Å². The molecule has 0 radical (unpaired) electrons. The van der Waals surface area contributed by atoms with Gasteiger partial charge in [0.05, 0.1) is 0 Å². The van der Waals surface area contributed by atoms with E-state index in [4.69, 9.17) is 9.90 Å². The molecule has 1 amide bonds. The number of nitrogens with zero attached hydrogens (tertiary/aromatic N) is 2. The Hall–Kier alpha value is -2.15. The Morgan fingerprint density at radius 3 is 2.46 bits per heavy atom. The average molecular weight is 363 g/mol. The standard InChI is InChI=1S/C18H27N3O2.CH2O2/c22-17-8-11-20(12-9-17)14-18(23)19-15-5-4-10-21(13-15)16-6-2-1-3-7-16;2-1-3/h8-9,11-12,15-16H,1-7,10,13-14H2,(H,19,23);1H,(H,2,3). The summed E-state index contributed by atoms with van der Waals surface area (Å²) in [7, 11) is 0. The molecule has 26 heavy (non-hydrogen) atoms. The number of aromatic nitrogens is 1. The number of likely N-dealkylation sites (tertiary alicyclic amines) is 1. The maximum atomic E-state index is 12.2. The maximum Gasteiger partial charge on any atom is 0.290 e. The van der Waals surface area contributed by atoms with Crippen LogP contribution in [0.2, 0.25) is 0 Å². The van der Waals surface area contributed by atoms with Crippen LogP contribution in [0.5, 0.6) is 0 Å². The van der Waals surface area contributed by atoms with Gasteiger partial charge in [-0.25, -0.2) is 0 Å². The van der Waals surface area contributed by atoms with Crippen LogP contribution in [-0.2, 0) is 16.1 Å². The number of hydrogen-bond acceptors (Lipinski definition) is 4. The lowest BCUT2D eigenvalue weighted by Crippen LogP contribution is -2.51. The smallest absolute Gasteiger partial charge is 0.290 e. The average Bonchev–Trinajstić information content (AvgIpc) is 2.65. The van der Waals surface area contributed by atoms with Crippen molar-refractivity contribution in [2.24, 2.45) is 0 Å². The number of nitrogens with one attached hydrogen (secondary N) is 1. The van der Waals surface area contributed by atoms with E-state index in [0.717, 1.165) is 19.0 Å². The zero-order chi connectivity index (χ0) is 18.8. The molecule has 144 valence electrons. The van der Waals surface area contributed by atoms with Crippen molar-refractivity contribution in [2.75, 3.05) is 13.1 Å². The molecular formula is C19H29N3O4. The van der Waals surface area contributed by atoms with Gasteiger partial charge < -0.3 is 15.0 Å². The lowest BCUT2D eigenvalue weighted by molar-refractivity contribution is -0.123. The molecule has 7 nitrogen and oxygen atoms in total. The van der Waals surface area contributed by atoms with Crippen molar-refractivity contribution in [3.8, 4) is 0 Å². The molecule has 0 bridgehead atoms. The number of rotatable bonds is 4. The highest BCUT2D eigenvalue weighted by Gasteiger charge is 2.27. The maximum absolute atomic E-state index is 12.2. The number of carbonyl (C=O) groups excluding carboxylic acids is 1. The van der Waals surface area contributed by atoms with Crippen molar-refractivity contribution < 1.29 is 14.7 Å². The molecule has 1 aromatic heterocycles. The first-order valence-corrected chi connectivity index (χ1v) is 9.39. The molecule has 1 aliphatic carbocycles. The summed E-state index contributed by atoms with van der Waals surface area (Å²) < 4.78 is 1.75. The zero-order valence-electron chi connectivity index (χ0n) is 15.2. The Bertz CT molecular complexity index is 605. The molecule has 1 aliphatic heterocycles. The summed E-state index contributed by atoms with van der Waals surface area (Å²) in [6, 6.07) is 3.96. The Morgan fingerprint density at radius 1 is 1.15 bits per heavy atom. The fourth-order valence-electron chi connectivity index (χ4n) is 3.89. The summed E-state index contributed by atoms with van der Waals surface area (Å²) in [4.78, 5) is 34.3. The van der Waals surface area contributed by atoms with E-state index in [0.29, 0.717) is 0 Å². The molecule has 1 saturated carbocycles. The van der Waals surface area contributed by atoms with Crippen LogP contribution in [0.25, 0.3) is 0 Å². The number of pyridine rings is 1. The highest BCUT2D eigenvalue weighted by molar-refractivity contribution is 5.76. The molecule has 2 aliphatic rings. The van der Waals surface area contributed by atoms with Crippen LogP contribution in [0.3, 0.4) is 0 Å². The van der Waals surface area contributed by atoms with Gasteiger partial charge in [-0.15, -0.1) is 0 Å². The van der Waals surface area contributed by atoms with Crippen molar-refractivity contribution in [3.63, 3.8) is 0 Å². The van der Waals surface area contributed by atoms with E-state index >= 15 is 0 Å². The molecule has 2 heterocycles. The van der Waals surface area contributed by atoms with Crippen LogP contribution >= 0.6 is 0 Å². The van der Waals surface area contributed by atoms with Gasteiger partial charge in [-0.3, -0.25) is 19.3 Å². The second-order valence-corrected chi connectivity index (χ2v) is 7.01. The van der Waals surface area contributed by atoms with Crippen LogP contribution in [0, 0.1) is 0 Å². The number of amides is 1. The molecule has 2 fully saturated rings. The molecule has 7 heteroatoms. The van der Waals surface area contributed by atoms with Crippen LogP contribution in [0.1, 0.15) is 44.9 Å². The van der Waals surface area contributed by atoms with Gasteiger partial charge in [0.1, 0.15) is 6.54 Å². The van der Waals surface area contributed by atoms with E-state index in [1.54, 1.807) is 17.0 Å². The molecule has 1 unspecified atom stereocenters. The molecule has 0 spiro atoms.